The van der Waals surface area contributed by atoms with E-state index in [1.54, 1.807) is 19.1 Å². The van der Waals surface area contributed by atoms with Crippen molar-refractivity contribution in [1.29, 1.82) is 0 Å². The van der Waals surface area contributed by atoms with Crippen LogP contribution in [0.4, 0.5) is 4.79 Å². The van der Waals surface area contributed by atoms with Crippen LogP contribution in [0.5, 0.6) is 5.75 Å². The first kappa shape index (κ1) is 24.0. The Morgan fingerprint density at radius 2 is 1.63 bits per heavy atom. The first-order valence-corrected chi connectivity index (χ1v) is 11.2. The van der Waals surface area contributed by atoms with Crippen LogP contribution in [0.15, 0.2) is 88.1 Å². The van der Waals surface area contributed by atoms with Crippen molar-refractivity contribution in [3.63, 3.8) is 0 Å². The molecule has 0 aliphatic rings. The Kier molecular flexibility index (Phi) is 7.48. The van der Waals surface area contributed by atoms with Gasteiger partial charge in [-0.25, -0.2) is 14.4 Å². The lowest BCUT2D eigenvalue weighted by Gasteiger charge is -2.18. The summed E-state index contributed by atoms with van der Waals surface area (Å²) in [4.78, 5) is 37.4. The summed E-state index contributed by atoms with van der Waals surface area (Å²) in [6, 6.07) is 22.1. The van der Waals surface area contributed by atoms with Gasteiger partial charge < -0.3 is 19.2 Å². The molecule has 1 atom stereocenters. The van der Waals surface area contributed by atoms with Crippen LogP contribution in [0, 0.1) is 6.92 Å². The number of aryl methyl sites for hydroxylation is 1. The molecule has 0 bridgehead atoms. The van der Waals surface area contributed by atoms with E-state index >= 15 is 0 Å². The van der Waals surface area contributed by atoms with Crippen molar-refractivity contribution in [2.45, 2.75) is 26.0 Å². The monoisotopic (exact) mass is 491 g/mol. The number of hydrogen-bond donors (Lipinski definition) is 1. The number of fused-ring (bicyclic) bond motifs is 1. The van der Waals surface area contributed by atoms with Crippen molar-refractivity contribution in [1.82, 2.24) is 5.32 Å². The summed E-state index contributed by atoms with van der Waals surface area (Å²) in [6.07, 6.45) is -0.557. The van der Waals surface area contributed by atoms with Gasteiger partial charge in [-0.1, -0.05) is 72.3 Å². The third kappa shape index (κ3) is 6.07. The molecular formula is C27H22ClNO6. The maximum atomic E-state index is 13.0. The highest BCUT2D eigenvalue weighted by Crippen LogP contribution is 2.26. The van der Waals surface area contributed by atoms with E-state index in [1.165, 1.54) is 6.07 Å². The average Bonchev–Trinajstić information content (AvgIpc) is 2.87. The second-order valence-corrected chi connectivity index (χ2v) is 8.23. The first-order valence-electron chi connectivity index (χ1n) is 10.9. The second kappa shape index (κ2) is 10.9. The van der Waals surface area contributed by atoms with Gasteiger partial charge in [-0.3, -0.25) is 0 Å². The molecule has 4 rings (SSSR count). The molecule has 0 aliphatic heterocycles. The van der Waals surface area contributed by atoms with Crippen molar-refractivity contribution in [3.8, 4) is 5.75 Å². The highest BCUT2D eigenvalue weighted by atomic mass is 35.5. The molecule has 1 aromatic heterocycles. The Labute approximate surface area is 206 Å². The molecule has 0 spiro atoms. The summed E-state index contributed by atoms with van der Waals surface area (Å²) in [7, 11) is 0. The number of carbonyl (C=O) groups excluding carboxylic acids is 2. The zero-order valence-electron chi connectivity index (χ0n) is 18.8. The van der Waals surface area contributed by atoms with Gasteiger partial charge in [0.15, 0.2) is 0 Å². The number of nitrogens with one attached hydrogen (secondary N) is 1. The van der Waals surface area contributed by atoms with E-state index in [4.69, 9.17) is 25.5 Å². The number of benzene rings is 3. The Balaban J connectivity index is 1.51. The molecule has 7 nitrogen and oxygen atoms in total. The minimum Gasteiger partial charge on any atom is -0.445 e. The van der Waals surface area contributed by atoms with Gasteiger partial charge in [-0.05, 0) is 35.7 Å². The van der Waals surface area contributed by atoms with Crippen LogP contribution >= 0.6 is 11.6 Å². The summed E-state index contributed by atoms with van der Waals surface area (Å²) in [6.45, 7) is 1.76. The van der Waals surface area contributed by atoms with Crippen LogP contribution in [0.25, 0.3) is 11.0 Å². The van der Waals surface area contributed by atoms with Crippen LogP contribution in [-0.2, 0) is 22.6 Å². The van der Waals surface area contributed by atoms with Gasteiger partial charge in [-0.15, -0.1) is 0 Å². The summed E-state index contributed by atoms with van der Waals surface area (Å²) in [5, 5.41) is 3.22. The Hall–Kier alpha value is -4.10. The van der Waals surface area contributed by atoms with E-state index in [0.29, 0.717) is 10.9 Å². The molecule has 0 aliphatic carbocycles. The van der Waals surface area contributed by atoms with Crippen molar-refractivity contribution in [3.05, 3.63) is 111 Å². The zero-order valence-corrected chi connectivity index (χ0v) is 19.6. The van der Waals surface area contributed by atoms with Gasteiger partial charge in [0, 0.05) is 17.9 Å². The van der Waals surface area contributed by atoms with Crippen LogP contribution < -0.4 is 15.7 Å². The lowest BCUT2D eigenvalue weighted by Crippen LogP contribution is -2.44. The number of rotatable bonds is 7. The van der Waals surface area contributed by atoms with Gasteiger partial charge in [-0.2, -0.15) is 0 Å². The van der Waals surface area contributed by atoms with Gasteiger partial charge >= 0.3 is 17.7 Å². The number of alkyl carbamates (subject to hydrolysis) is 1. The molecule has 4 aromatic rings. The highest BCUT2D eigenvalue weighted by molar-refractivity contribution is 6.31. The van der Waals surface area contributed by atoms with Crippen LogP contribution in [-0.4, -0.2) is 18.1 Å². The van der Waals surface area contributed by atoms with Gasteiger partial charge in [0.1, 0.15) is 29.0 Å². The maximum Gasteiger partial charge on any atom is 0.408 e. The van der Waals surface area contributed by atoms with Crippen LogP contribution in [0.3, 0.4) is 0 Å². The molecule has 0 fully saturated rings. The van der Waals surface area contributed by atoms with Gasteiger partial charge in [0.25, 0.3) is 0 Å². The smallest absolute Gasteiger partial charge is 0.408 e. The van der Waals surface area contributed by atoms with E-state index in [1.807, 2.05) is 60.7 Å². The summed E-state index contributed by atoms with van der Waals surface area (Å²) >= 11 is 5.97. The van der Waals surface area contributed by atoms with E-state index in [-0.39, 0.29) is 29.4 Å². The Bertz CT molecular complexity index is 1400. The Morgan fingerprint density at radius 3 is 2.31 bits per heavy atom. The molecule has 1 heterocycles. The first-order chi connectivity index (χ1) is 16.9. The maximum absolute atomic E-state index is 13.0. The lowest BCUT2D eigenvalue weighted by molar-refractivity contribution is -0.136. The normalized spacial score (nSPS) is 11.6. The molecule has 178 valence electrons. The van der Waals surface area contributed by atoms with Crippen molar-refractivity contribution >= 4 is 34.6 Å². The largest absolute Gasteiger partial charge is 0.445 e. The predicted molar refractivity (Wildman–Crippen MR) is 132 cm³/mol. The van der Waals surface area contributed by atoms with E-state index in [9.17, 15) is 14.4 Å². The number of amides is 1. The van der Waals surface area contributed by atoms with Gasteiger partial charge in [0.2, 0.25) is 0 Å². The summed E-state index contributed by atoms with van der Waals surface area (Å²) in [5.41, 5.74) is 1.77. The average molecular weight is 492 g/mol. The number of halogens is 1. The van der Waals surface area contributed by atoms with Crippen LogP contribution in [0.2, 0.25) is 5.02 Å². The SMILES string of the molecule is Cc1c(Cl)c(=O)oc2cc(OC(=O)C(Cc3ccccc3)NC(=O)OCc3ccccc3)ccc12. The number of esters is 1. The van der Waals surface area contributed by atoms with E-state index in [0.717, 1.165) is 11.1 Å². The number of carbonyl (C=O) groups is 2. The third-order valence-corrected chi connectivity index (χ3v) is 5.80. The van der Waals surface area contributed by atoms with E-state index in [2.05, 4.69) is 5.32 Å². The Morgan fingerprint density at radius 1 is 0.971 bits per heavy atom. The third-order valence-electron chi connectivity index (χ3n) is 5.36. The molecule has 1 amide bonds. The second-order valence-electron chi connectivity index (χ2n) is 7.86. The topological polar surface area (TPSA) is 94.8 Å². The quantitative estimate of drug-likeness (QED) is 0.217. The molecule has 0 saturated carbocycles. The fourth-order valence-electron chi connectivity index (χ4n) is 3.51. The number of hydrogen-bond acceptors (Lipinski definition) is 6. The molecule has 0 saturated heterocycles. The predicted octanol–water partition coefficient (Wildman–Crippen LogP) is 5.20. The molecule has 1 N–H and O–H groups in total. The molecular weight excluding hydrogens is 470 g/mol. The summed E-state index contributed by atoms with van der Waals surface area (Å²) in [5.74, 6) is -0.539. The van der Waals surface area contributed by atoms with E-state index < -0.39 is 23.7 Å². The molecule has 35 heavy (non-hydrogen) atoms. The van der Waals surface area contributed by atoms with Crippen molar-refractivity contribution in [2.24, 2.45) is 0 Å². The molecule has 1 unspecified atom stereocenters. The standard InChI is InChI=1S/C27H22ClNO6/c1-17-21-13-12-20(15-23(21)35-26(31)24(17)28)34-25(30)22(14-18-8-4-2-5-9-18)29-27(32)33-16-19-10-6-3-7-11-19/h2-13,15,22H,14,16H2,1H3,(H,29,32). The highest BCUT2D eigenvalue weighted by Gasteiger charge is 2.24. The van der Waals surface area contributed by atoms with Gasteiger partial charge in [0.05, 0.1) is 0 Å². The number of ether oxygens (including phenoxy) is 2. The molecule has 0 radical (unpaired) electrons. The summed E-state index contributed by atoms with van der Waals surface area (Å²) < 4.78 is 16.0. The van der Waals surface area contributed by atoms with Crippen molar-refractivity contribution < 1.29 is 23.5 Å². The fourth-order valence-corrected chi connectivity index (χ4v) is 3.65. The zero-order chi connectivity index (χ0) is 24.8. The minimum atomic E-state index is -1.02. The lowest BCUT2D eigenvalue weighted by atomic mass is 10.1. The minimum absolute atomic E-state index is 0.00313. The molecule has 8 heteroatoms. The fraction of sp³-hybridized carbons (Fsp3) is 0.148. The molecule has 3 aromatic carbocycles. The van der Waals surface area contributed by atoms with Crippen molar-refractivity contribution in [2.75, 3.05) is 0 Å². The van der Waals surface area contributed by atoms with Crippen LogP contribution in [0.1, 0.15) is 16.7 Å².